The topological polar surface area (TPSA) is 91.7 Å². The number of Topliss-reactive ketones (excluding diaryl/α,β-unsaturated/α-hetero) is 1. The summed E-state index contributed by atoms with van der Waals surface area (Å²) in [6.07, 6.45) is 2.93. The number of piperidine rings is 1. The van der Waals surface area contributed by atoms with Crippen LogP contribution >= 0.6 is 0 Å². The van der Waals surface area contributed by atoms with E-state index >= 15 is 0 Å². The molecular weight excluding hydrogens is 264 g/mol. The van der Waals surface area contributed by atoms with Gasteiger partial charge in [-0.15, -0.1) is 0 Å². The second-order valence-corrected chi connectivity index (χ2v) is 5.68. The van der Waals surface area contributed by atoms with Gasteiger partial charge in [0.2, 0.25) is 0 Å². The van der Waals surface area contributed by atoms with Crippen LogP contribution in [0.25, 0.3) is 0 Å². The highest BCUT2D eigenvalue weighted by Crippen LogP contribution is 2.35. The minimum atomic E-state index is -0.192. The van der Waals surface area contributed by atoms with Crippen molar-refractivity contribution in [3.05, 3.63) is 0 Å². The summed E-state index contributed by atoms with van der Waals surface area (Å²) in [6, 6.07) is 6.46. The molecule has 0 amide bonds. The summed E-state index contributed by atoms with van der Waals surface area (Å²) in [5.74, 6) is -0.159. The lowest BCUT2D eigenvalue weighted by Gasteiger charge is -2.46. The van der Waals surface area contributed by atoms with E-state index in [1.165, 1.54) is 0 Å². The van der Waals surface area contributed by atoms with E-state index in [9.17, 15) is 4.79 Å². The van der Waals surface area contributed by atoms with E-state index in [1.807, 2.05) is 14.0 Å². The van der Waals surface area contributed by atoms with Gasteiger partial charge in [0.25, 0.3) is 0 Å². The Kier molecular flexibility index (Phi) is 6.86. The molecular formula is C16H22N4O. The second-order valence-electron chi connectivity index (χ2n) is 5.68. The summed E-state index contributed by atoms with van der Waals surface area (Å²) in [4.78, 5) is 14.9. The molecule has 1 aliphatic rings. The molecule has 112 valence electrons. The Morgan fingerprint density at radius 2 is 1.43 bits per heavy atom. The molecule has 0 spiro atoms. The van der Waals surface area contributed by atoms with Crippen LogP contribution < -0.4 is 0 Å². The fourth-order valence-electron chi connectivity index (χ4n) is 3.35. The average molecular weight is 286 g/mol. The first kappa shape index (κ1) is 17.2. The van der Waals surface area contributed by atoms with Crippen LogP contribution in [-0.4, -0.2) is 29.8 Å². The molecule has 1 aliphatic heterocycles. The smallest absolute Gasteiger partial charge is 0.142 e. The lowest BCUT2D eigenvalue weighted by Crippen LogP contribution is -2.56. The van der Waals surface area contributed by atoms with Crippen LogP contribution in [0.15, 0.2) is 0 Å². The molecule has 0 radical (unpaired) electrons. The Balaban J connectivity index is 2.94. The number of carbonyl (C=O) groups excluding carboxylic acids is 1. The van der Waals surface area contributed by atoms with Gasteiger partial charge in [-0.05, 0) is 33.2 Å². The van der Waals surface area contributed by atoms with Gasteiger partial charge >= 0.3 is 0 Å². The predicted octanol–water partition coefficient (Wildman–Crippen LogP) is 2.40. The zero-order chi connectivity index (χ0) is 15.8. The minimum absolute atomic E-state index is 0.0267. The predicted molar refractivity (Wildman–Crippen MR) is 77.5 cm³/mol. The molecule has 0 aromatic heterocycles. The van der Waals surface area contributed by atoms with Crippen molar-refractivity contribution >= 4 is 5.78 Å². The SMILES string of the molecule is CC1C(CCC#N)C(=O)C(CCC#N)C(CCC#N)N1C. The first-order valence-corrected chi connectivity index (χ1v) is 7.45. The Labute approximate surface area is 126 Å². The van der Waals surface area contributed by atoms with Crippen molar-refractivity contribution in [1.29, 1.82) is 15.8 Å². The van der Waals surface area contributed by atoms with Gasteiger partial charge in [0, 0.05) is 43.2 Å². The molecule has 4 unspecified atom stereocenters. The van der Waals surface area contributed by atoms with Crippen LogP contribution in [0.2, 0.25) is 0 Å². The van der Waals surface area contributed by atoms with Crippen molar-refractivity contribution < 1.29 is 4.79 Å². The number of rotatable bonds is 6. The van der Waals surface area contributed by atoms with Gasteiger partial charge in [0.15, 0.2) is 0 Å². The van der Waals surface area contributed by atoms with E-state index in [-0.39, 0.29) is 29.7 Å². The van der Waals surface area contributed by atoms with E-state index in [0.29, 0.717) is 38.5 Å². The van der Waals surface area contributed by atoms with Crippen LogP contribution in [0.3, 0.4) is 0 Å². The Morgan fingerprint density at radius 1 is 0.952 bits per heavy atom. The molecule has 0 bridgehead atoms. The van der Waals surface area contributed by atoms with Gasteiger partial charge in [-0.1, -0.05) is 0 Å². The second kappa shape index (κ2) is 8.40. The molecule has 1 heterocycles. The summed E-state index contributed by atoms with van der Waals surface area (Å²) >= 11 is 0. The zero-order valence-electron chi connectivity index (χ0n) is 12.7. The van der Waals surface area contributed by atoms with Crippen molar-refractivity contribution in [2.24, 2.45) is 11.8 Å². The minimum Gasteiger partial charge on any atom is -0.299 e. The van der Waals surface area contributed by atoms with Crippen LogP contribution in [0, 0.1) is 45.8 Å². The lowest BCUT2D eigenvalue weighted by molar-refractivity contribution is -0.138. The van der Waals surface area contributed by atoms with Crippen molar-refractivity contribution in [3.8, 4) is 18.2 Å². The highest BCUT2D eigenvalue weighted by atomic mass is 16.1. The van der Waals surface area contributed by atoms with Crippen LogP contribution in [0.4, 0.5) is 0 Å². The number of hydrogen-bond acceptors (Lipinski definition) is 5. The Hall–Kier alpha value is -1.90. The number of hydrogen-bond donors (Lipinski definition) is 0. The summed E-state index contributed by atoms with van der Waals surface area (Å²) < 4.78 is 0. The molecule has 0 aromatic carbocycles. The van der Waals surface area contributed by atoms with E-state index in [2.05, 4.69) is 23.1 Å². The van der Waals surface area contributed by atoms with Crippen LogP contribution in [0.1, 0.15) is 45.4 Å². The number of carbonyl (C=O) groups is 1. The normalized spacial score (nSPS) is 29.4. The van der Waals surface area contributed by atoms with Gasteiger partial charge < -0.3 is 0 Å². The fourth-order valence-corrected chi connectivity index (χ4v) is 3.35. The molecule has 5 heteroatoms. The number of likely N-dealkylation sites (tertiary alicyclic amines) is 1. The van der Waals surface area contributed by atoms with Crippen molar-refractivity contribution in [2.75, 3.05) is 7.05 Å². The highest BCUT2D eigenvalue weighted by Gasteiger charge is 2.44. The van der Waals surface area contributed by atoms with Crippen molar-refractivity contribution in [1.82, 2.24) is 4.90 Å². The van der Waals surface area contributed by atoms with Gasteiger partial charge in [-0.3, -0.25) is 9.69 Å². The van der Waals surface area contributed by atoms with Gasteiger partial charge in [0.05, 0.1) is 18.2 Å². The maximum Gasteiger partial charge on any atom is 0.142 e. The first-order valence-electron chi connectivity index (χ1n) is 7.45. The summed E-state index contributed by atoms with van der Waals surface area (Å²) in [5.41, 5.74) is 0. The fraction of sp³-hybridized carbons (Fsp3) is 0.750. The van der Waals surface area contributed by atoms with Gasteiger partial charge in [0.1, 0.15) is 5.78 Å². The summed E-state index contributed by atoms with van der Waals surface area (Å²) in [5, 5.41) is 26.4. The molecule has 0 aliphatic carbocycles. The standard InChI is InChI=1S/C16H22N4O/c1-12-13(6-3-9-17)16(21)14(7-4-10-18)15(20(12)2)8-5-11-19/h12-15H,3-8H2,1-2H3. The monoisotopic (exact) mass is 286 g/mol. The first-order chi connectivity index (χ1) is 10.1. The molecule has 1 rings (SSSR count). The summed E-state index contributed by atoms with van der Waals surface area (Å²) in [7, 11) is 1.98. The maximum absolute atomic E-state index is 12.7. The van der Waals surface area contributed by atoms with E-state index in [4.69, 9.17) is 15.8 Å². The molecule has 5 nitrogen and oxygen atoms in total. The number of ketones is 1. The van der Waals surface area contributed by atoms with Crippen LogP contribution in [0.5, 0.6) is 0 Å². The molecule has 4 atom stereocenters. The van der Waals surface area contributed by atoms with E-state index in [0.717, 1.165) is 0 Å². The Bertz CT molecular complexity index is 482. The third-order valence-electron chi connectivity index (χ3n) is 4.63. The molecule has 0 saturated carbocycles. The third-order valence-corrected chi connectivity index (χ3v) is 4.63. The Morgan fingerprint density at radius 3 is 1.95 bits per heavy atom. The summed E-state index contributed by atoms with van der Waals surface area (Å²) in [6.45, 7) is 2.01. The van der Waals surface area contributed by atoms with Gasteiger partial charge in [-0.25, -0.2) is 0 Å². The maximum atomic E-state index is 12.7. The molecule has 0 aromatic rings. The van der Waals surface area contributed by atoms with Crippen LogP contribution in [-0.2, 0) is 4.79 Å². The molecule has 0 N–H and O–H groups in total. The quantitative estimate of drug-likeness (QED) is 0.747. The number of nitrogens with zero attached hydrogens (tertiary/aromatic N) is 4. The van der Waals surface area contributed by atoms with E-state index < -0.39 is 0 Å². The number of nitriles is 3. The lowest BCUT2D eigenvalue weighted by atomic mass is 9.73. The van der Waals surface area contributed by atoms with E-state index in [1.54, 1.807) is 0 Å². The van der Waals surface area contributed by atoms with Gasteiger partial charge in [-0.2, -0.15) is 15.8 Å². The zero-order valence-corrected chi connectivity index (χ0v) is 12.7. The largest absolute Gasteiger partial charge is 0.299 e. The molecule has 21 heavy (non-hydrogen) atoms. The highest BCUT2D eigenvalue weighted by molar-refractivity contribution is 5.85. The van der Waals surface area contributed by atoms with Crippen molar-refractivity contribution in [3.63, 3.8) is 0 Å². The molecule has 1 saturated heterocycles. The molecule has 1 fully saturated rings. The van der Waals surface area contributed by atoms with Crippen molar-refractivity contribution in [2.45, 2.75) is 57.5 Å². The third kappa shape index (κ3) is 4.03. The average Bonchev–Trinajstić information content (AvgIpc) is 2.48.